The molecule has 2 N–H and O–H groups in total. The van der Waals surface area contributed by atoms with E-state index in [0.29, 0.717) is 0 Å². The molecule has 0 atom stereocenters. The Balaban J connectivity index is 1.76. The van der Waals surface area contributed by atoms with Gasteiger partial charge in [0.15, 0.2) is 0 Å². The average molecular weight is 340 g/mol. The highest BCUT2D eigenvalue weighted by Crippen LogP contribution is 2.31. The summed E-state index contributed by atoms with van der Waals surface area (Å²) in [5.41, 5.74) is 1.87. The second kappa shape index (κ2) is 8.06. The number of phenolic OH excluding ortho intramolecular Hbond substituents is 2. The Labute approximate surface area is 148 Å². The molecule has 2 aromatic rings. The van der Waals surface area contributed by atoms with Crippen molar-refractivity contribution in [2.75, 3.05) is 0 Å². The van der Waals surface area contributed by atoms with Crippen LogP contribution in [-0.2, 0) is 9.53 Å². The van der Waals surface area contributed by atoms with Crippen LogP contribution < -0.4 is 0 Å². The van der Waals surface area contributed by atoms with E-state index in [-0.39, 0.29) is 35.9 Å². The smallest absolute Gasteiger partial charge is 0.307 e. The lowest BCUT2D eigenvalue weighted by molar-refractivity contribution is -0.150. The van der Waals surface area contributed by atoms with Crippen molar-refractivity contribution in [3.63, 3.8) is 0 Å². The van der Waals surface area contributed by atoms with E-state index >= 15 is 0 Å². The maximum Gasteiger partial charge on any atom is 0.307 e. The van der Waals surface area contributed by atoms with Crippen LogP contribution in [0.25, 0.3) is 0 Å². The number of aromatic hydroxyl groups is 2. The van der Waals surface area contributed by atoms with Gasteiger partial charge in [-0.25, -0.2) is 0 Å². The first kappa shape index (κ1) is 17.3. The van der Waals surface area contributed by atoms with E-state index in [4.69, 9.17) is 4.74 Å². The molecule has 0 amide bonds. The zero-order valence-electron chi connectivity index (χ0n) is 14.2. The Morgan fingerprint density at radius 3 is 1.84 bits per heavy atom. The quantitative estimate of drug-likeness (QED) is 0.787. The lowest BCUT2D eigenvalue weighted by Crippen LogP contribution is -2.22. The molecular weight excluding hydrogens is 316 g/mol. The van der Waals surface area contributed by atoms with Crippen molar-refractivity contribution in [1.29, 1.82) is 0 Å². The van der Waals surface area contributed by atoms with Crippen LogP contribution in [0, 0.1) is 0 Å². The SMILES string of the molecule is O=C(CC(c1ccc(O)cc1)c1ccc(O)cc1)OC1CCCCC1. The first-order chi connectivity index (χ1) is 12.1. The van der Waals surface area contributed by atoms with Crippen molar-refractivity contribution in [2.24, 2.45) is 0 Å². The van der Waals surface area contributed by atoms with Gasteiger partial charge < -0.3 is 14.9 Å². The van der Waals surface area contributed by atoms with E-state index in [9.17, 15) is 15.0 Å². The van der Waals surface area contributed by atoms with Gasteiger partial charge in [-0.15, -0.1) is 0 Å². The predicted molar refractivity (Wildman–Crippen MR) is 95.6 cm³/mol. The van der Waals surface area contributed by atoms with Gasteiger partial charge in [0, 0.05) is 5.92 Å². The number of ether oxygens (including phenoxy) is 1. The van der Waals surface area contributed by atoms with Gasteiger partial charge >= 0.3 is 5.97 Å². The van der Waals surface area contributed by atoms with Crippen LogP contribution in [0.4, 0.5) is 0 Å². The standard InChI is InChI=1S/C21H24O4/c22-17-10-6-15(7-11-17)20(16-8-12-18(23)13-9-16)14-21(24)25-19-4-2-1-3-5-19/h6-13,19-20,22-23H,1-5,14H2. The van der Waals surface area contributed by atoms with Gasteiger partial charge in [0.25, 0.3) is 0 Å². The molecule has 0 aromatic heterocycles. The van der Waals surface area contributed by atoms with Crippen molar-refractivity contribution in [1.82, 2.24) is 0 Å². The van der Waals surface area contributed by atoms with Crippen molar-refractivity contribution in [2.45, 2.75) is 50.5 Å². The molecular formula is C21H24O4. The van der Waals surface area contributed by atoms with Crippen LogP contribution in [-0.4, -0.2) is 22.3 Å². The van der Waals surface area contributed by atoms with Gasteiger partial charge in [-0.3, -0.25) is 4.79 Å². The topological polar surface area (TPSA) is 66.8 Å². The third-order valence-corrected chi connectivity index (χ3v) is 4.81. The minimum atomic E-state index is -0.196. The molecule has 1 fully saturated rings. The molecule has 3 rings (SSSR count). The normalized spacial score (nSPS) is 15.2. The molecule has 132 valence electrons. The highest BCUT2D eigenvalue weighted by Gasteiger charge is 2.23. The van der Waals surface area contributed by atoms with Crippen LogP contribution in [0.3, 0.4) is 0 Å². The van der Waals surface area contributed by atoms with Crippen molar-refractivity contribution >= 4 is 5.97 Å². The summed E-state index contributed by atoms with van der Waals surface area (Å²) in [7, 11) is 0. The number of esters is 1. The number of phenols is 2. The number of hydrogen-bond acceptors (Lipinski definition) is 4. The third-order valence-electron chi connectivity index (χ3n) is 4.81. The predicted octanol–water partition coefficient (Wildman–Crippen LogP) is 4.50. The Morgan fingerprint density at radius 2 is 1.36 bits per heavy atom. The number of carbonyl (C=O) groups is 1. The molecule has 0 radical (unpaired) electrons. The van der Waals surface area contributed by atoms with Gasteiger partial charge in [0.1, 0.15) is 17.6 Å². The van der Waals surface area contributed by atoms with Crippen molar-refractivity contribution < 1.29 is 19.7 Å². The second-order valence-electron chi connectivity index (χ2n) is 6.69. The summed E-state index contributed by atoms with van der Waals surface area (Å²) in [6.07, 6.45) is 5.66. The first-order valence-corrected chi connectivity index (χ1v) is 8.89. The highest BCUT2D eigenvalue weighted by molar-refractivity contribution is 5.71. The fourth-order valence-corrected chi connectivity index (χ4v) is 3.43. The number of rotatable bonds is 5. The summed E-state index contributed by atoms with van der Waals surface area (Å²) in [6, 6.07) is 13.8. The highest BCUT2D eigenvalue weighted by atomic mass is 16.5. The monoisotopic (exact) mass is 340 g/mol. The summed E-state index contributed by atoms with van der Waals surface area (Å²) in [4.78, 5) is 12.5. The molecule has 2 aromatic carbocycles. The molecule has 1 saturated carbocycles. The van der Waals surface area contributed by atoms with E-state index in [0.717, 1.165) is 36.8 Å². The molecule has 4 heteroatoms. The minimum absolute atomic E-state index is 0.0431. The zero-order valence-corrected chi connectivity index (χ0v) is 14.2. The van der Waals surface area contributed by atoms with E-state index in [1.54, 1.807) is 24.3 Å². The van der Waals surface area contributed by atoms with Gasteiger partial charge in [-0.2, -0.15) is 0 Å². The minimum Gasteiger partial charge on any atom is -0.508 e. The fraction of sp³-hybridized carbons (Fsp3) is 0.381. The zero-order chi connectivity index (χ0) is 17.6. The Bertz CT molecular complexity index is 639. The van der Waals surface area contributed by atoms with Gasteiger partial charge in [0.2, 0.25) is 0 Å². The second-order valence-corrected chi connectivity index (χ2v) is 6.69. The van der Waals surface area contributed by atoms with Crippen LogP contribution in [0.1, 0.15) is 55.6 Å². The molecule has 0 saturated heterocycles. The first-order valence-electron chi connectivity index (χ1n) is 8.89. The summed E-state index contributed by atoms with van der Waals surface area (Å²) in [5, 5.41) is 19.0. The van der Waals surface area contributed by atoms with E-state index in [1.807, 2.05) is 24.3 Å². The molecule has 0 unspecified atom stereocenters. The molecule has 1 aliphatic rings. The fourth-order valence-electron chi connectivity index (χ4n) is 3.43. The Hall–Kier alpha value is -2.49. The Morgan fingerprint density at radius 1 is 0.880 bits per heavy atom. The lowest BCUT2D eigenvalue weighted by atomic mass is 9.88. The Kier molecular flexibility index (Phi) is 5.59. The largest absolute Gasteiger partial charge is 0.508 e. The molecule has 0 aliphatic heterocycles. The van der Waals surface area contributed by atoms with Crippen molar-refractivity contribution in [3.05, 3.63) is 59.7 Å². The van der Waals surface area contributed by atoms with Crippen LogP contribution in [0.5, 0.6) is 11.5 Å². The van der Waals surface area contributed by atoms with E-state index < -0.39 is 0 Å². The summed E-state index contributed by atoms with van der Waals surface area (Å²) in [5.74, 6) is 0.0197. The van der Waals surface area contributed by atoms with Crippen LogP contribution in [0.15, 0.2) is 48.5 Å². The summed E-state index contributed by atoms with van der Waals surface area (Å²) in [6.45, 7) is 0. The van der Waals surface area contributed by atoms with Crippen LogP contribution >= 0.6 is 0 Å². The average Bonchev–Trinajstić information content (AvgIpc) is 2.62. The summed E-state index contributed by atoms with van der Waals surface area (Å²) >= 11 is 0. The number of hydrogen-bond donors (Lipinski definition) is 2. The molecule has 0 heterocycles. The number of benzene rings is 2. The number of carbonyl (C=O) groups excluding carboxylic acids is 1. The lowest BCUT2D eigenvalue weighted by Gasteiger charge is -2.24. The van der Waals surface area contributed by atoms with E-state index in [2.05, 4.69) is 0 Å². The summed E-state index contributed by atoms with van der Waals surface area (Å²) < 4.78 is 5.67. The molecule has 1 aliphatic carbocycles. The molecule has 0 spiro atoms. The molecule has 25 heavy (non-hydrogen) atoms. The third kappa shape index (κ3) is 4.75. The van der Waals surface area contributed by atoms with Gasteiger partial charge in [-0.05, 0) is 61.1 Å². The maximum absolute atomic E-state index is 12.5. The van der Waals surface area contributed by atoms with E-state index in [1.165, 1.54) is 6.42 Å². The van der Waals surface area contributed by atoms with Crippen LogP contribution in [0.2, 0.25) is 0 Å². The molecule has 0 bridgehead atoms. The van der Waals surface area contributed by atoms with Gasteiger partial charge in [-0.1, -0.05) is 30.7 Å². The maximum atomic E-state index is 12.5. The molecule has 4 nitrogen and oxygen atoms in total. The van der Waals surface area contributed by atoms with Crippen molar-refractivity contribution in [3.8, 4) is 11.5 Å². The van der Waals surface area contributed by atoms with Gasteiger partial charge in [0.05, 0.1) is 6.42 Å².